The van der Waals surface area contributed by atoms with Crippen LogP contribution in [-0.2, 0) is 28.6 Å². The highest BCUT2D eigenvalue weighted by molar-refractivity contribution is 5.71. The maximum atomic E-state index is 12.9. The maximum Gasteiger partial charge on any atom is 0.306 e. The summed E-state index contributed by atoms with van der Waals surface area (Å²) in [7, 11) is 0. The Morgan fingerprint density at radius 2 is 0.506 bits per heavy atom. The van der Waals surface area contributed by atoms with E-state index in [0.717, 1.165) is 109 Å². The topological polar surface area (TPSA) is 78.9 Å². The number of carbonyl (C=O) groups excluding carboxylic acids is 3. The number of allylic oxidation sites excluding steroid dienone is 14. The van der Waals surface area contributed by atoms with Gasteiger partial charge in [-0.05, 0) is 77.0 Å². The molecule has 0 amide bonds. The smallest absolute Gasteiger partial charge is 0.306 e. The molecular formula is C71H124O6. The van der Waals surface area contributed by atoms with Crippen LogP contribution in [0.2, 0.25) is 0 Å². The molecule has 444 valence electrons. The van der Waals surface area contributed by atoms with Gasteiger partial charge >= 0.3 is 17.9 Å². The van der Waals surface area contributed by atoms with Gasteiger partial charge in [-0.1, -0.05) is 318 Å². The van der Waals surface area contributed by atoms with Crippen molar-refractivity contribution in [3.8, 4) is 0 Å². The lowest BCUT2D eigenvalue weighted by atomic mass is 10.0. The summed E-state index contributed by atoms with van der Waals surface area (Å²) in [4.78, 5) is 38.0. The van der Waals surface area contributed by atoms with Crippen molar-refractivity contribution in [2.75, 3.05) is 13.2 Å². The van der Waals surface area contributed by atoms with Gasteiger partial charge in [-0.15, -0.1) is 0 Å². The first-order valence-corrected chi connectivity index (χ1v) is 33.1. The van der Waals surface area contributed by atoms with Gasteiger partial charge in [-0.25, -0.2) is 0 Å². The number of unbranched alkanes of at least 4 members (excludes halogenated alkanes) is 35. The second kappa shape index (κ2) is 65.1. The van der Waals surface area contributed by atoms with Gasteiger partial charge in [0.25, 0.3) is 0 Å². The molecule has 0 aromatic rings. The molecule has 1 atom stereocenters. The van der Waals surface area contributed by atoms with Crippen molar-refractivity contribution < 1.29 is 28.6 Å². The third kappa shape index (κ3) is 63.3. The Morgan fingerprint density at radius 3 is 0.792 bits per heavy atom. The quantitative estimate of drug-likeness (QED) is 0.0261. The monoisotopic (exact) mass is 1070 g/mol. The maximum absolute atomic E-state index is 12.9. The molecule has 0 saturated heterocycles. The Balaban J connectivity index is 4.07. The molecule has 0 aliphatic rings. The number of carbonyl (C=O) groups is 3. The lowest BCUT2D eigenvalue weighted by Gasteiger charge is -2.18. The van der Waals surface area contributed by atoms with Gasteiger partial charge < -0.3 is 14.2 Å². The van der Waals surface area contributed by atoms with Crippen molar-refractivity contribution in [2.24, 2.45) is 0 Å². The fourth-order valence-electron chi connectivity index (χ4n) is 9.48. The van der Waals surface area contributed by atoms with Crippen LogP contribution in [0, 0.1) is 0 Å². The second-order valence-corrected chi connectivity index (χ2v) is 22.0. The fraction of sp³-hybridized carbons (Fsp3) is 0.761. The van der Waals surface area contributed by atoms with Crippen molar-refractivity contribution >= 4 is 17.9 Å². The van der Waals surface area contributed by atoms with Crippen LogP contribution >= 0.6 is 0 Å². The van der Waals surface area contributed by atoms with Gasteiger partial charge in [0.1, 0.15) is 13.2 Å². The summed E-state index contributed by atoms with van der Waals surface area (Å²) in [6.07, 6.45) is 86.3. The molecule has 6 heteroatoms. The zero-order chi connectivity index (χ0) is 55.7. The first-order chi connectivity index (χ1) is 38.0. The Hall–Kier alpha value is -3.41. The van der Waals surface area contributed by atoms with Crippen LogP contribution in [0.5, 0.6) is 0 Å². The third-order valence-corrected chi connectivity index (χ3v) is 14.4. The fourth-order valence-corrected chi connectivity index (χ4v) is 9.48. The number of hydrogen-bond donors (Lipinski definition) is 0. The van der Waals surface area contributed by atoms with Crippen LogP contribution in [0.1, 0.15) is 329 Å². The van der Waals surface area contributed by atoms with Crippen molar-refractivity contribution in [2.45, 2.75) is 335 Å². The summed E-state index contributed by atoms with van der Waals surface area (Å²) in [6, 6.07) is 0. The van der Waals surface area contributed by atoms with Crippen molar-refractivity contribution in [3.63, 3.8) is 0 Å². The molecule has 0 N–H and O–H groups in total. The normalized spacial score (nSPS) is 12.6. The molecule has 0 rings (SSSR count). The second-order valence-electron chi connectivity index (χ2n) is 22.0. The Bertz CT molecular complexity index is 1470. The molecule has 1 unspecified atom stereocenters. The highest BCUT2D eigenvalue weighted by Crippen LogP contribution is 2.17. The summed E-state index contributed by atoms with van der Waals surface area (Å²) < 4.78 is 16.8. The number of ether oxygens (including phenoxy) is 3. The van der Waals surface area contributed by atoms with E-state index in [9.17, 15) is 14.4 Å². The van der Waals surface area contributed by atoms with Gasteiger partial charge in [-0.3, -0.25) is 14.4 Å². The van der Waals surface area contributed by atoms with E-state index in [1.54, 1.807) is 0 Å². The number of hydrogen-bond acceptors (Lipinski definition) is 6. The molecule has 0 aromatic heterocycles. The zero-order valence-corrected chi connectivity index (χ0v) is 51.0. The Labute approximate surface area is 477 Å². The molecule has 0 fully saturated rings. The SMILES string of the molecule is CC/C=C\C/C=C\C/C=C\C/C=C\C/C=C\C/C=C\C/C=C\CCCCCCCCCCCC(=O)OCC(COC(=O)CCCCCCCC)OC(=O)CCCCCCCCCCCCCCCCCCCCCCCC. The van der Waals surface area contributed by atoms with Gasteiger partial charge in [0.15, 0.2) is 6.10 Å². The van der Waals surface area contributed by atoms with E-state index >= 15 is 0 Å². The Morgan fingerprint density at radius 1 is 0.273 bits per heavy atom. The minimum absolute atomic E-state index is 0.0746. The molecule has 0 bridgehead atoms. The zero-order valence-electron chi connectivity index (χ0n) is 51.0. The van der Waals surface area contributed by atoms with Crippen LogP contribution in [-0.4, -0.2) is 37.2 Å². The third-order valence-electron chi connectivity index (χ3n) is 14.4. The van der Waals surface area contributed by atoms with Crippen LogP contribution in [0.25, 0.3) is 0 Å². The van der Waals surface area contributed by atoms with E-state index in [1.165, 1.54) is 180 Å². The Kier molecular flexibility index (Phi) is 62.2. The standard InChI is InChI=1S/C71H124O6/c1-4-7-10-13-16-18-20-22-24-26-28-30-32-33-34-35-36-37-38-39-40-42-43-45-47-49-51-53-55-58-61-64-70(73)76-67-68(66-75-69(72)63-60-57-15-12-9-6-3)77-71(74)65-62-59-56-54-52-50-48-46-44-41-31-29-27-25-23-21-19-17-14-11-8-5-2/h7,10,16,18,22,24,28,30,33-34,36-37,39-40,68H,4-6,8-9,11-15,17,19-21,23,25-27,29,31-32,35,38,41-67H2,1-3H3/b10-7-,18-16-,24-22-,30-28-,34-33-,37-36-,40-39-. The summed E-state index contributed by atoms with van der Waals surface area (Å²) in [5.74, 6) is -0.876. The first kappa shape index (κ1) is 73.6. The van der Waals surface area contributed by atoms with E-state index in [-0.39, 0.29) is 31.1 Å². The molecule has 0 aromatic carbocycles. The minimum Gasteiger partial charge on any atom is -0.462 e. The molecule has 0 aliphatic carbocycles. The predicted molar refractivity (Wildman–Crippen MR) is 334 cm³/mol. The first-order valence-electron chi connectivity index (χ1n) is 33.1. The summed E-state index contributed by atoms with van der Waals surface area (Å²) in [6.45, 7) is 6.50. The predicted octanol–water partition coefficient (Wildman–Crippen LogP) is 22.7. The molecule has 0 saturated carbocycles. The highest BCUT2D eigenvalue weighted by Gasteiger charge is 2.19. The van der Waals surface area contributed by atoms with E-state index in [4.69, 9.17) is 14.2 Å². The average Bonchev–Trinajstić information content (AvgIpc) is 3.43. The largest absolute Gasteiger partial charge is 0.462 e. The molecule has 77 heavy (non-hydrogen) atoms. The molecule has 0 heterocycles. The molecule has 6 nitrogen and oxygen atoms in total. The van der Waals surface area contributed by atoms with E-state index in [0.29, 0.717) is 19.3 Å². The van der Waals surface area contributed by atoms with Crippen LogP contribution < -0.4 is 0 Å². The molecule has 0 aliphatic heterocycles. The van der Waals surface area contributed by atoms with Crippen molar-refractivity contribution in [3.05, 3.63) is 85.1 Å². The summed E-state index contributed by atoms with van der Waals surface area (Å²) in [5, 5.41) is 0. The molecule has 0 spiro atoms. The van der Waals surface area contributed by atoms with Crippen molar-refractivity contribution in [1.82, 2.24) is 0 Å². The lowest BCUT2D eigenvalue weighted by Crippen LogP contribution is -2.30. The lowest BCUT2D eigenvalue weighted by molar-refractivity contribution is -0.167. The van der Waals surface area contributed by atoms with Gasteiger partial charge in [-0.2, -0.15) is 0 Å². The van der Waals surface area contributed by atoms with Crippen LogP contribution in [0.15, 0.2) is 85.1 Å². The van der Waals surface area contributed by atoms with E-state index in [1.807, 2.05) is 0 Å². The molecule has 0 radical (unpaired) electrons. The minimum atomic E-state index is -0.774. The van der Waals surface area contributed by atoms with E-state index < -0.39 is 6.10 Å². The van der Waals surface area contributed by atoms with Crippen molar-refractivity contribution in [1.29, 1.82) is 0 Å². The van der Waals surface area contributed by atoms with E-state index in [2.05, 4.69) is 106 Å². The van der Waals surface area contributed by atoms with Gasteiger partial charge in [0.2, 0.25) is 0 Å². The molecular weight excluding hydrogens is 949 g/mol. The summed E-state index contributed by atoms with van der Waals surface area (Å²) >= 11 is 0. The summed E-state index contributed by atoms with van der Waals surface area (Å²) in [5.41, 5.74) is 0. The van der Waals surface area contributed by atoms with Crippen LogP contribution in [0.3, 0.4) is 0 Å². The number of rotatable bonds is 60. The van der Waals surface area contributed by atoms with Gasteiger partial charge in [0, 0.05) is 19.3 Å². The highest BCUT2D eigenvalue weighted by atomic mass is 16.6. The van der Waals surface area contributed by atoms with Gasteiger partial charge in [0.05, 0.1) is 0 Å². The average molecular weight is 1070 g/mol. The van der Waals surface area contributed by atoms with Crippen LogP contribution in [0.4, 0.5) is 0 Å². The number of esters is 3.